The molecule has 0 bridgehead atoms. The summed E-state index contributed by atoms with van der Waals surface area (Å²) in [6, 6.07) is 15.4. The summed E-state index contributed by atoms with van der Waals surface area (Å²) in [6.07, 6.45) is 5.02. The van der Waals surface area contributed by atoms with Crippen molar-refractivity contribution in [1.82, 2.24) is 4.90 Å². The maximum absolute atomic E-state index is 13.7. The van der Waals surface area contributed by atoms with Crippen molar-refractivity contribution in [2.24, 2.45) is 10.4 Å². The summed E-state index contributed by atoms with van der Waals surface area (Å²) in [6.45, 7) is 4.08. The second-order valence-corrected chi connectivity index (χ2v) is 8.62. The zero-order valence-corrected chi connectivity index (χ0v) is 16.4. The number of aryl methyl sites for hydroxylation is 3. The van der Waals surface area contributed by atoms with E-state index in [0.29, 0.717) is 0 Å². The van der Waals surface area contributed by atoms with E-state index in [4.69, 9.17) is 4.99 Å². The molecule has 0 N–H and O–H groups in total. The van der Waals surface area contributed by atoms with E-state index < -0.39 is 5.54 Å². The maximum atomic E-state index is 13.7. The number of fused-ring (bicyclic) bond motifs is 4. The second kappa shape index (κ2) is 5.54. The molecule has 2 spiro atoms. The molecule has 3 aliphatic rings. The molecule has 0 fully saturated rings. The van der Waals surface area contributed by atoms with E-state index in [0.717, 1.165) is 43.5 Å². The Morgan fingerprint density at radius 3 is 2.22 bits per heavy atom. The van der Waals surface area contributed by atoms with Gasteiger partial charge in [0.05, 0.1) is 0 Å². The first-order valence-electron chi connectivity index (χ1n) is 9.98. The lowest BCUT2D eigenvalue weighted by Gasteiger charge is -2.40. The molecule has 5 rings (SSSR count). The quantitative estimate of drug-likeness (QED) is 0.695. The molecule has 0 saturated carbocycles. The average molecular weight is 358 g/mol. The number of amides is 1. The van der Waals surface area contributed by atoms with Gasteiger partial charge >= 0.3 is 0 Å². The minimum atomic E-state index is -0.741. The lowest BCUT2D eigenvalue weighted by molar-refractivity contribution is -0.135. The van der Waals surface area contributed by atoms with Crippen molar-refractivity contribution in [3.8, 4) is 0 Å². The maximum Gasteiger partial charge on any atom is 0.260 e. The fourth-order valence-electron chi connectivity index (χ4n) is 5.69. The summed E-state index contributed by atoms with van der Waals surface area (Å²) in [5, 5.41) is 0. The number of carbonyl (C=O) groups excluding carboxylic acids is 1. The molecule has 2 aliphatic carbocycles. The summed E-state index contributed by atoms with van der Waals surface area (Å²) in [7, 11) is 1.88. The van der Waals surface area contributed by atoms with Gasteiger partial charge in [0, 0.05) is 12.5 Å². The molecular formula is C24H26N2O. The molecule has 0 aromatic heterocycles. The number of hydrogen-bond donors (Lipinski definition) is 0. The number of amidine groups is 1. The van der Waals surface area contributed by atoms with Gasteiger partial charge in [-0.3, -0.25) is 9.79 Å². The van der Waals surface area contributed by atoms with Gasteiger partial charge in [-0.15, -0.1) is 0 Å². The van der Waals surface area contributed by atoms with Gasteiger partial charge in [0.1, 0.15) is 5.84 Å². The van der Waals surface area contributed by atoms with Crippen LogP contribution in [0, 0.1) is 12.3 Å². The molecule has 1 unspecified atom stereocenters. The Kier molecular flexibility index (Phi) is 3.43. The number of aliphatic imine (C=N–C) groups is 1. The summed E-state index contributed by atoms with van der Waals surface area (Å²) < 4.78 is 0. The van der Waals surface area contributed by atoms with E-state index in [9.17, 15) is 4.79 Å². The van der Waals surface area contributed by atoms with Crippen molar-refractivity contribution in [2.75, 3.05) is 7.05 Å². The zero-order chi connectivity index (χ0) is 18.8. The smallest absolute Gasteiger partial charge is 0.260 e. The van der Waals surface area contributed by atoms with E-state index >= 15 is 0 Å². The molecule has 1 aliphatic heterocycles. The Bertz CT molecular complexity index is 963. The highest BCUT2D eigenvalue weighted by atomic mass is 16.2. The Balaban J connectivity index is 1.70. The van der Waals surface area contributed by atoms with Crippen LogP contribution in [0.15, 0.2) is 47.5 Å². The third kappa shape index (κ3) is 2.08. The van der Waals surface area contributed by atoms with Crippen molar-refractivity contribution in [3.05, 3.63) is 70.3 Å². The molecule has 1 heterocycles. The van der Waals surface area contributed by atoms with Gasteiger partial charge < -0.3 is 4.90 Å². The summed E-state index contributed by atoms with van der Waals surface area (Å²) in [4.78, 5) is 20.6. The number of carbonyl (C=O) groups is 1. The zero-order valence-electron chi connectivity index (χ0n) is 16.4. The first-order valence-corrected chi connectivity index (χ1v) is 9.98. The minimum Gasteiger partial charge on any atom is -0.302 e. The molecule has 27 heavy (non-hydrogen) atoms. The molecule has 1 atom stereocenters. The Labute approximate surface area is 161 Å². The molecule has 1 amide bonds. The monoisotopic (exact) mass is 358 g/mol. The van der Waals surface area contributed by atoms with Gasteiger partial charge in [-0.25, -0.2) is 0 Å². The molecule has 138 valence electrons. The molecule has 3 nitrogen and oxygen atoms in total. The van der Waals surface area contributed by atoms with Crippen molar-refractivity contribution in [3.63, 3.8) is 0 Å². The average Bonchev–Trinajstić information content (AvgIpc) is 2.96. The molecule has 2 aromatic carbocycles. The van der Waals surface area contributed by atoms with Crippen LogP contribution in [0.2, 0.25) is 0 Å². The predicted molar refractivity (Wildman–Crippen MR) is 108 cm³/mol. The first-order chi connectivity index (χ1) is 13.0. The number of likely N-dealkylation sites (N-methyl/N-ethyl adjacent to an activating group) is 1. The standard InChI is InChI=1S/C24H26N2O/c1-16-8-9-20-15-23(12-10-18-6-4-5-7-19(18)11-13-23)24(21(20)14-16)22(27)26(3)17(2)25-24/h4-9,14H,10-13,15H2,1-3H3. The molecule has 0 radical (unpaired) electrons. The lowest BCUT2D eigenvalue weighted by atomic mass is 9.65. The third-order valence-electron chi connectivity index (χ3n) is 7.24. The predicted octanol–water partition coefficient (Wildman–Crippen LogP) is 4.20. The van der Waals surface area contributed by atoms with Gasteiger partial charge in [-0.1, -0.05) is 48.0 Å². The summed E-state index contributed by atoms with van der Waals surface area (Å²) >= 11 is 0. The van der Waals surface area contributed by atoms with Crippen LogP contribution >= 0.6 is 0 Å². The van der Waals surface area contributed by atoms with Gasteiger partial charge in [-0.05, 0) is 68.2 Å². The van der Waals surface area contributed by atoms with Gasteiger partial charge in [0.25, 0.3) is 5.91 Å². The van der Waals surface area contributed by atoms with Crippen LogP contribution in [0.5, 0.6) is 0 Å². The second-order valence-electron chi connectivity index (χ2n) is 8.62. The number of rotatable bonds is 0. The number of benzene rings is 2. The Hall–Kier alpha value is -2.42. The largest absolute Gasteiger partial charge is 0.302 e. The van der Waals surface area contributed by atoms with E-state index in [-0.39, 0.29) is 11.3 Å². The van der Waals surface area contributed by atoms with E-state index in [1.165, 1.54) is 22.3 Å². The van der Waals surface area contributed by atoms with Crippen molar-refractivity contribution in [2.45, 2.75) is 51.5 Å². The van der Waals surface area contributed by atoms with Crippen molar-refractivity contribution in [1.29, 1.82) is 0 Å². The Morgan fingerprint density at radius 2 is 1.63 bits per heavy atom. The first kappa shape index (κ1) is 16.7. The van der Waals surface area contributed by atoms with Crippen LogP contribution in [0.4, 0.5) is 0 Å². The summed E-state index contributed by atoms with van der Waals surface area (Å²) in [5.74, 6) is 1.01. The molecule has 3 heteroatoms. The van der Waals surface area contributed by atoms with Gasteiger partial charge in [-0.2, -0.15) is 0 Å². The van der Waals surface area contributed by atoms with Crippen LogP contribution in [0.3, 0.4) is 0 Å². The van der Waals surface area contributed by atoms with Crippen molar-refractivity contribution >= 4 is 11.7 Å². The molecule has 2 aromatic rings. The molecule has 0 saturated heterocycles. The van der Waals surface area contributed by atoms with E-state index in [1.807, 2.05) is 14.0 Å². The topological polar surface area (TPSA) is 32.7 Å². The highest BCUT2D eigenvalue weighted by molar-refractivity contribution is 6.08. The fourth-order valence-corrected chi connectivity index (χ4v) is 5.69. The summed E-state index contributed by atoms with van der Waals surface area (Å²) in [5.41, 5.74) is 5.68. The Morgan fingerprint density at radius 1 is 0.963 bits per heavy atom. The van der Waals surface area contributed by atoms with Crippen LogP contribution in [-0.4, -0.2) is 23.7 Å². The number of hydrogen-bond acceptors (Lipinski definition) is 2. The normalized spacial score (nSPS) is 25.5. The van der Waals surface area contributed by atoms with Crippen LogP contribution in [-0.2, 0) is 29.6 Å². The highest BCUT2D eigenvalue weighted by Crippen LogP contribution is 2.60. The van der Waals surface area contributed by atoms with E-state index in [1.54, 1.807) is 4.90 Å². The van der Waals surface area contributed by atoms with Crippen LogP contribution in [0.25, 0.3) is 0 Å². The van der Waals surface area contributed by atoms with Gasteiger partial charge in [0.2, 0.25) is 0 Å². The lowest BCUT2D eigenvalue weighted by Crippen LogP contribution is -2.49. The van der Waals surface area contributed by atoms with Crippen molar-refractivity contribution < 1.29 is 4.79 Å². The van der Waals surface area contributed by atoms with Crippen LogP contribution < -0.4 is 0 Å². The highest BCUT2D eigenvalue weighted by Gasteiger charge is 2.65. The third-order valence-corrected chi connectivity index (χ3v) is 7.24. The van der Waals surface area contributed by atoms with Gasteiger partial charge in [0.15, 0.2) is 5.54 Å². The number of nitrogens with zero attached hydrogens (tertiary/aromatic N) is 2. The molecular weight excluding hydrogens is 332 g/mol. The SMILES string of the molecule is CC1=NC2(C(=O)N1C)c1cc(C)ccc1CC21CCc2ccccc2CC1. The fraction of sp³-hybridized carbons (Fsp3) is 0.417. The van der Waals surface area contributed by atoms with E-state index in [2.05, 4.69) is 49.4 Å². The minimum absolute atomic E-state index is 0.134. The van der Waals surface area contributed by atoms with Crippen LogP contribution in [0.1, 0.15) is 47.6 Å².